The minimum atomic E-state index is -0.189. The Morgan fingerprint density at radius 2 is 2.00 bits per heavy atom. The predicted molar refractivity (Wildman–Crippen MR) is 56.2 cm³/mol. The minimum Gasteiger partial charge on any atom is -0.448 e. The van der Waals surface area contributed by atoms with E-state index in [1.54, 1.807) is 18.4 Å². The van der Waals surface area contributed by atoms with Crippen LogP contribution in [0, 0.1) is 0 Å². The summed E-state index contributed by atoms with van der Waals surface area (Å²) in [4.78, 5) is 14.4. The minimum absolute atomic E-state index is 0.189. The quantitative estimate of drug-likeness (QED) is 0.652. The van der Waals surface area contributed by atoms with Crippen molar-refractivity contribution in [3.8, 4) is 5.88 Å². The zero-order chi connectivity index (χ0) is 10.3. The third-order valence-electron chi connectivity index (χ3n) is 2.32. The van der Waals surface area contributed by atoms with Crippen LogP contribution in [-0.2, 0) is 0 Å². The molecule has 0 aliphatic rings. The number of aromatic nitrogens is 2. The Bertz CT molecular complexity index is 647. The Hall–Kier alpha value is -2.23. The van der Waals surface area contributed by atoms with Crippen molar-refractivity contribution < 1.29 is 4.42 Å². The van der Waals surface area contributed by atoms with Crippen LogP contribution in [0.3, 0.4) is 0 Å². The molecule has 0 saturated carbocycles. The Morgan fingerprint density at radius 3 is 2.80 bits per heavy atom. The maximum absolute atomic E-state index is 11.7. The fourth-order valence-electron chi connectivity index (χ4n) is 1.67. The molecule has 0 atom stereocenters. The Balaban J connectivity index is 2.44. The van der Waals surface area contributed by atoms with Crippen LogP contribution >= 0.6 is 0 Å². The zero-order valence-corrected chi connectivity index (χ0v) is 7.81. The van der Waals surface area contributed by atoms with Crippen LogP contribution in [0.25, 0.3) is 16.9 Å². The molecule has 4 heteroatoms. The molecule has 74 valence electrons. The Kier molecular flexibility index (Phi) is 1.56. The highest BCUT2D eigenvalue weighted by atomic mass is 16.3. The summed E-state index contributed by atoms with van der Waals surface area (Å²) in [6.45, 7) is 0. The third-order valence-corrected chi connectivity index (χ3v) is 2.32. The van der Waals surface area contributed by atoms with Gasteiger partial charge in [0.25, 0.3) is 0 Å². The molecule has 1 aromatic carbocycles. The summed E-state index contributed by atoms with van der Waals surface area (Å²) in [5.41, 5.74) is 1.43. The monoisotopic (exact) mass is 200 g/mol. The van der Waals surface area contributed by atoms with E-state index in [-0.39, 0.29) is 5.69 Å². The van der Waals surface area contributed by atoms with Crippen molar-refractivity contribution in [3.05, 3.63) is 53.1 Å². The number of H-pyrrole nitrogens is 1. The second-order valence-electron chi connectivity index (χ2n) is 3.23. The Labute approximate surface area is 84.8 Å². The second-order valence-corrected chi connectivity index (χ2v) is 3.23. The maximum atomic E-state index is 11.7. The summed E-state index contributed by atoms with van der Waals surface area (Å²) < 4.78 is 6.72. The molecule has 0 spiro atoms. The first kappa shape index (κ1) is 8.11. The van der Waals surface area contributed by atoms with E-state index in [0.717, 1.165) is 11.0 Å². The standard InChI is InChI=1S/C11H8N2O2/c14-11-12-8-4-1-2-5-9(8)13(11)10-6-3-7-15-10/h1-7H,(H,12,14). The van der Waals surface area contributed by atoms with Crippen molar-refractivity contribution >= 4 is 11.0 Å². The van der Waals surface area contributed by atoms with Crippen LogP contribution < -0.4 is 5.69 Å². The lowest BCUT2D eigenvalue weighted by molar-refractivity contribution is 0.538. The van der Waals surface area contributed by atoms with Crippen molar-refractivity contribution in [2.24, 2.45) is 0 Å². The highest BCUT2D eigenvalue weighted by Crippen LogP contribution is 2.14. The number of imidazole rings is 1. The molecule has 0 aliphatic heterocycles. The zero-order valence-electron chi connectivity index (χ0n) is 7.81. The summed E-state index contributed by atoms with van der Waals surface area (Å²) in [7, 11) is 0. The molecular formula is C11H8N2O2. The summed E-state index contributed by atoms with van der Waals surface area (Å²) in [5.74, 6) is 0.525. The van der Waals surface area contributed by atoms with Gasteiger partial charge in [0.15, 0.2) is 0 Å². The molecular weight excluding hydrogens is 192 g/mol. The van der Waals surface area contributed by atoms with Gasteiger partial charge >= 0.3 is 5.69 Å². The van der Waals surface area contributed by atoms with Gasteiger partial charge in [0.2, 0.25) is 5.88 Å². The number of rotatable bonds is 1. The predicted octanol–water partition coefficient (Wildman–Crippen LogP) is 1.91. The molecule has 0 saturated heterocycles. The van der Waals surface area contributed by atoms with Gasteiger partial charge in [-0.05, 0) is 18.2 Å². The van der Waals surface area contributed by atoms with Gasteiger partial charge in [-0.3, -0.25) is 0 Å². The number of furan rings is 1. The molecule has 0 unspecified atom stereocenters. The molecule has 0 aliphatic carbocycles. The number of hydrogen-bond acceptors (Lipinski definition) is 2. The smallest absolute Gasteiger partial charge is 0.333 e. The van der Waals surface area contributed by atoms with Gasteiger partial charge in [-0.15, -0.1) is 0 Å². The van der Waals surface area contributed by atoms with E-state index < -0.39 is 0 Å². The van der Waals surface area contributed by atoms with Gasteiger partial charge in [0, 0.05) is 6.07 Å². The van der Waals surface area contributed by atoms with Gasteiger partial charge in [-0.1, -0.05) is 12.1 Å². The molecule has 2 aromatic heterocycles. The van der Waals surface area contributed by atoms with E-state index in [9.17, 15) is 4.79 Å². The molecule has 1 N–H and O–H groups in total. The number of nitrogens with one attached hydrogen (secondary N) is 1. The molecule has 3 aromatic rings. The molecule has 2 heterocycles. The van der Waals surface area contributed by atoms with Crippen molar-refractivity contribution in [2.45, 2.75) is 0 Å². The van der Waals surface area contributed by atoms with Crippen molar-refractivity contribution in [3.63, 3.8) is 0 Å². The van der Waals surface area contributed by atoms with Gasteiger partial charge in [-0.25, -0.2) is 9.36 Å². The van der Waals surface area contributed by atoms with Crippen molar-refractivity contribution in [1.29, 1.82) is 0 Å². The van der Waals surface area contributed by atoms with Crippen molar-refractivity contribution in [2.75, 3.05) is 0 Å². The maximum Gasteiger partial charge on any atom is 0.333 e. The van der Waals surface area contributed by atoms with E-state index >= 15 is 0 Å². The fraction of sp³-hybridized carbons (Fsp3) is 0. The SMILES string of the molecule is O=c1[nH]c2ccccc2n1-c1ccco1. The van der Waals surface area contributed by atoms with Gasteiger partial charge in [0.1, 0.15) is 0 Å². The van der Waals surface area contributed by atoms with E-state index in [4.69, 9.17) is 4.42 Å². The normalized spacial score (nSPS) is 10.9. The first-order chi connectivity index (χ1) is 7.36. The van der Waals surface area contributed by atoms with E-state index in [1.807, 2.05) is 24.3 Å². The molecule has 4 nitrogen and oxygen atoms in total. The topological polar surface area (TPSA) is 50.9 Å². The van der Waals surface area contributed by atoms with Crippen molar-refractivity contribution in [1.82, 2.24) is 9.55 Å². The lowest BCUT2D eigenvalue weighted by Gasteiger charge is -1.96. The van der Waals surface area contributed by atoms with Gasteiger partial charge in [0.05, 0.1) is 17.3 Å². The first-order valence-electron chi connectivity index (χ1n) is 4.60. The van der Waals surface area contributed by atoms with Crippen LogP contribution in [0.1, 0.15) is 0 Å². The fourth-order valence-corrected chi connectivity index (χ4v) is 1.67. The number of para-hydroxylation sites is 2. The van der Waals surface area contributed by atoms with E-state index in [1.165, 1.54) is 4.57 Å². The Morgan fingerprint density at radius 1 is 1.13 bits per heavy atom. The molecule has 3 rings (SSSR count). The van der Waals surface area contributed by atoms with Gasteiger partial charge in [-0.2, -0.15) is 0 Å². The molecule has 15 heavy (non-hydrogen) atoms. The summed E-state index contributed by atoms with van der Waals surface area (Å²) in [6.07, 6.45) is 1.55. The van der Waals surface area contributed by atoms with Gasteiger partial charge < -0.3 is 9.40 Å². The summed E-state index contributed by atoms with van der Waals surface area (Å²) in [5, 5.41) is 0. The molecule has 0 fully saturated rings. The second kappa shape index (κ2) is 2.88. The number of benzene rings is 1. The van der Waals surface area contributed by atoms with Crippen LogP contribution in [0.2, 0.25) is 0 Å². The number of nitrogens with zero attached hydrogens (tertiary/aromatic N) is 1. The van der Waals surface area contributed by atoms with Crippen LogP contribution in [0.15, 0.2) is 51.9 Å². The molecule has 0 radical (unpaired) electrons. The van der Waals surface area contributed by atoms with Crippen LogP contribution in [0.4, 0.5) is 0 Å². The van der Waals surface area contributed by atoms with Crippen LogP contribution in [-0.4, -0.2) is 9.55 Å². The number of hydrogen-bond donors (Lipinski definition) is 1. The van der Waals surface area contributed by atoms with E-state index in [0.29, 0.717) is 5.88 Å². The third kappa shape index (κ3) is 1.11. The summed E-state index contributed by atoms with van der Waals surface area (Å²) in [6, 6.07) is 11.0. The average Bonchev–Trinajstić information content (AvgIpc) is 2.82. The first-order valence-corrected chi connectivity index (χ1v) is 4.60. The number of fused-ring (bicyclic) bond motifs is 1. The van der Waals surface area contributed by atoms with E-state index in [2.05, 4.69) is 4.98 Å². The molecule has 0 bridgehead atoms. The molecule has 0 amide bonds. The number of aromatic amines is 1. The lowest BCUT2D eigenvalue weighted by Crippen LogP contribution is -2.13. The highest BCUT2D eigenvalue weighted by Gasteiger charge is 2.08. The lowest BCUT2D eigenvalue weighted by atomic mass is 10.3. The largest absolute Gasteiger partial charge is 0.448 e. The average molecular weight is 200 g/mol. The summed E-state index contributed by atoms with van der Waals surface area (Å²) >= 11 is 0. The van der Waals surface area contributed by atoms with Crippen LogP contribution in [0.5, 0.6) is 0 Å². The highest BCUT2D eigenvalue weighted by molar-refractivity contribution is 5.76.